The predicted octanol–water partition coefficient (Wildman–Crippen LogP) is 3.97. The van der Waals surface area contributed by atoms with E-state index in [1.807, 2.05) is 13.0 Å². The molecule has 10 heteroatoms. The third kappa shape index (κ3) is 5.27. The van der Waals surface area contributed by atoms with Gasteiger partial charge < -0.3 is 24.2 Å². The number of amides is 1. The molecule has 0 radical (unpaired) electrons. The highest BCUT2D eigenvalue weighted by molar-refractivity contribution is 5.95. The fourth-order valence-electron chi connectivity index (χ4n) is 2.82. The van der Waals surface area contributed by atoms with Gasteiger partial charge in [0.2, 0.25) is 11.7 Å². The number of alkyl halides is 2. The lowest BCUT2D eigenvalue weighted by atomic mass is 10.1. The van der Waals surface area contributed by atoms with E-state index in [2.05, 4.69) is 20.2 Å². The molecule has 1 heterocycles. The second-order valence-electron chi connectivity index (χ2n) is 6.84. The van der Waals surface area contributed by atoms with E-state index >= 15 is 0 Å². The van der Waals surface area contributed by atoms with Crippen molar-refractivity contribution in [1.82, 2.24) is 15.0 Å². The van der Waals surface area contributed by atoms with Crippen molar-refractivity contribution in [2.24, 2.45) is 0 Å². The van der Waals surface area contributed by atoms with E-state index in [-0.39, 0.29) is 29.8 Å². The predicted molar refractivity (Wildman–Crippen MR) is 109 cm³/mol. The maximum atomic E-state index is 12.5. The molecule has 31 heavy (non-hydrogen) atoms. The number of carbonyl (C=O) groups is 1. The molecule has 0 atom stereocenters. The monoisotopic (exact) mass is 432 g/mol. The number of ether oxygens (including phenoxy) is 2. The molecule has 0 fully saturated rings. The Morgan fingerprint density at radius 1 is 1.19 bits per heavy atom. The fraction of sp³-hybridized carbons (Fsp3) is 0.286. The summed E-state index contributed by atoms with van der Waals surface area (Å²) in [5, 5.41) is 7.11. The minimum Gasteiger partial charge on any atom is -0.493 e. The summed E-state index contributed by atoms with van der Waals surface area (Å²) in [7, 11) is 4.73. The minimum absolute atomic E-state index is 0.0886. The van der Waals surface area contributed by atoms with Crippen LogP contribution in [0.4, 0.5) is 14.5 Å². The van der Waals surface area contributed by atoms with Crippen molar-refractivity contribution in [3.63, 3.8) is 0 Å². The standard InChI is InChI=1S/C21H22F2N4O4/c1-12-5-6-14(20(28)27(2)3)9-15(12)24-11-18-25-19(26-31-18)13-7-8-16(30-21(22)23)17(10-13)29-4/h5-10,21,24H,11H2,1-4H3. The maximum Gasteiger partial charge on any atom is 0.387 e. The molecule has 1 aromatic heterocycles. The second-order valence-corrected chi connectivity index (χ2v) is 6.84. The van der Waals surface area contributed by atoms with Crippen molar-refractivity contribution >= 4 is 11.6 Å². The van der Waals surface area contributed by atoms with Crippen molar-refractivity contribution in [3.05, 3.63) is 53.4 Å². The zero-order valence-corrected chi connectivity index (χ0v) is 17.5. The van der Waals surface area contributed by atoms with E-state index in [4.69, 9.17) is 9.26 Å². The van der Waals surface area contributed by atoms with Crippen molar-refractivity contribution in [3.8, 4) is 22.9 Å². The number of nitrogens with zero attached hydrogens (tertiary/aromatic N) is 3. The molecule has 0 saturated carbocycles. The molecule has 2 aromatic carbocycles. The van der Waals surface area contributed by atoms with Crippen molar-refractivity contribution < 1.29 is 27.6 Å². The van der Waals surface area contributed by atoms with Gasteiger partial charge in [-0.3, -0.25) is 4.79 Å². The van der Waals surface area contributed by atoms with Crippen LogP contribution in [0.2, 0.25) is 0 Å². The topological polar surface area (TPSA) is 89.7 Å². The van der Waals surface area contributed by atoms with E-state index in [1.54, 1.807) is 26.2 Å². The molecule has 164 valence electrons. The number of aryl methyl sites for hydroxylation is 1. The minimum atomic E-state index is -2.96. The van der Waals surface area contributed by atoms with Crippen LogP contribution in [0.15, 0.2) is 40.9 Å². The molecule has 1 N–H and O–H groups in total. The summed E-state index contributed by atoms with van der Waals surface area (Å²) < 4.78 is 39.7. The second kappa shape index (κ2) is 9.41. The highest BCUT2D eigenvalue weighted by Gasteiger charge is 2.15. The number of rotatable bonds is 8. The van der Waals surface area contributed by atoms with Crippen molar-refractivity contribution in [1.29, 1.82) is 0 Å². The lowest BCUT2D eigenvalue weighted by Crippen LogP contribution is -2.21. The Bertz CT molecular complexity index is 1070. The van der Waals surface area contributed by atoms with Crippen molar-refractivity contribution in [2.75, 3.05) is 26.5 Å². The van der Waals surface area contributed by atoms with E-state index in [9.17, 15) is 13.6 Å². The third-order valence-corrected chi connectivity index (χ3v) is 4.43. The average Bonchev–Trinajstić information content (AvgIpc) is 3.21. The van der Waals surface area contributed by atoms with Crippen LogP contribution < -0.4 is 14.8 Å². The summed E-state index contributed by atoms with van der Waals surface area (Å²) in [5.74, 6) is 0.517. The summed E-state index contributed by atoms with van der Waals surface area (Å²) in [6.07, 6.45) is 0. The van der Waals surface area contributed by atoms with E-state index in [1.165, 1.54) is 30.2 Å². The molecule has 0 bridgehead atoms. The summed E-state index contributed by atoms with van der Waals surface area (Å²) in [6, 6.07) is 9.76. The SMILES string of the molecule is COc1cc(-c2noc(CNc3cc(C(=O)N(C)C)ccc3C)n2)ccc1OC(F)F. The van der Waals surface area contributed by atoms with Crippen LogP contribution in [-0.2, 0) is 6.54 Å². The largest absolute Gasteiger partial charge is 0.493 e. The Hall–Kier alpha value is -3.69. The average molecular weight is 432 g/mol. The van der Waals surface area contributed by atoms with Gasteiger partial charge in [-0.1, -0.05) is 11.2 Å². The first kappa shape index (κ1) is 22.0. The summed E-state index contributed by atoms with van der Waals surface area (Å²) in [5.41, 5.74) is 2.79. The van der Waals surface area contributed by atoms with Gasteiger partial charge in [-0.05, 0) is 42.8 Å². The number of anilines is 1. The van der Waals surface area contributed by atoms with Crippen LogP contribution in [0.25, 0.3) is 11.4 Å². The summed E-state index contributed by atoms with van der Waals surface area (Å²) >= 11 is 0. The molecule has 8 nitrogen and oxygen atoms in total. The van der Waals surface area contributed by atoms with Crippen LogP contribution >= 0.6 is 0 Å². The molecule has 0 aliphatic heterocycles. The van der Waals surface area contributed by atoms with Crippen LogP contribution in [-0.4, -0.2) is 48.8 Å². The van der Waals surface area contributed by atoms with Crippen LogP contribution in [0, 0.1) is 6.92 Å². The van der Waals surface area contributed by atoms with Gasteiger partial charge >= 0.3 is 6.61 Å². The summed E-state index contributed by atoms with van der Waals surface area (Å²) in [6.45, 7) is -0.810. The van der Waals surface area contributed by atoms with Gasteiger partial charge in [0.15, 0.2) is 11.5 Å². The van der Waals surface area contributed by atoms with Gasteiger partial charge in [-0.25, -0.2) is 0 Å². The number of methoxy groups -OCH3 is 1. The van der Waals surface area contributed by atoms with Crippen LogP contribution in [0.1, 0.15) is 21.8 Å². The fourth-order valence-corrected chi connectivity index (χ4v) is 2.82. The zero-order valence-electron chi connectivity index (χ0n) is 17.5. The molecular weight excluding hydrogens is 410 g/mol. The first-order valence-corrected chi connectivity index (χ1v) is 9.30. The van der Waals surface area contributed by atoms with Gasteiger partial charge in [0.05, 0.1) is 13.7 Å². The number of hydrogen-bond acceptors (Lipinski definition) is 7. The molecule has 0 aliphatic carbocycles. The Labute approximate surface area is 177 Å². The molecule has 0 saturated heterocycles. The Morgan fingerprint density at radius 2 is 1.97 bits per heavy atom. The maximum absolute atomic E-state index is 12.5. The smallest absolute Gasteiger partial charge is 0.387 e. The van der Waals surface area contributed by atoms with Crippen molar-refractivity contribution in [2.45, 2.75) is 20.1 Å². The number of benzene rings is 2. The first-order valence-electron chi connectivity index (χ1n) is 9.30. The number of hydrogen-bond donors (Lipinski definition) is 1. The normalized spacial score (nSPS) is 10.8. The van der Waals surface area contributed by atoms with Gasteiger partial charge in [-0.2, -0.15) is 13.8 Å². The molecule has 3 rings (SSSR count). The highest BCUT2D eigenvalue weighted by atomic mass is 19.3. The Kier molecular flexibility index (Phi) is 6.68. The van der Waals surface area contributed by atoms with Crippen LogP contribution in [0.5, 0.6) is 11.5 Å². The molecule has 3 aromatic rings. The molecule has 0 unspecified atom stereocenters. The first-order chi connectivity index (χ1) is 14.8. The lowest BCUT2D eigenvalue weighted by Gasteiger charge is -2.13. The van der Waals surface area contributed by atoms with E-state index < -0.39 is 6.61 Å². The third-order valence-electron chi connectivity index (χ3n) is 4.43. The Balaban J connectivity index is 1.74. The van der Waals surface area contributed by atoms with E-state index in [0.717, 1.165) is 11.3 Å². The number of nitrogens with one attached hydrogen (secondary N) is 1. The van der Waals surface area contributed by atoms with Gasteiger partial charge in [0.1, 0.15) is 0 Å². The Morgan fingerprint density at radius 3 is 2.65 bits per heavy atom. The molecule has 0 aliphatic rings. The van der Waals surface area contributed by atoms with E-state index in [0.29, 0.717) is 17.0 Å². The van der Waals surface area contributed by atoms with Gasteiger partial charge in [0, 0.05) is 30.9 Å². The van der Waals surface area contributed by atoms with Crippen LogP contribution in [0.3, 0.4) is 0 Å². The zero-order chi connectivity index (χ0) is 22.5. The lowest BCUT2D eigenvalue weighted by molar-refractivity contribution is -0.0512. The molecule has 1 amide bonds. The number of halogens is 2. The number of aromatic nitrogens is 2. The summed E-state index contributed by atoms with van der Waals surface area (Å²) in [4.78, 5) is 18.0. The highest BCUT2D eigenvalue weighted by Crippen LogP contribution is 2.32. The molecule has 0 spiro atoms. The van der Waals surface area contributed by atoms with Gasteiger partial charge in [-0.15, -0.1) is 0 Å². The van der Waals surface area contributed by atoms with Gasteiger partial charge in [0.25, 0.3) is 5.91 Å². The quantitative estimate of drug-likeness (QED) is 0.576. The molecular formula is C21H22F2N4O4. The number of carbonyl (C=O) groups excluding carboxylic acids is 1.